The molecule has 1 saturated heterocycles. The van der Waals surface area contributed by atoms with E-state index in [1.54, 1.807) is 7.11 Å². The number of benzene rings is 1. The predicted molar refractivity (Wildman–Crippen MR) is 86.9 cm³/mol. The van der Waals surface area contributed by atoms with Gasteiger partial charge in [0.25, 0.3) is 0 Å². The van der Waals surface area contributed by atoms with Crippen LogP contribution in [0.5, 0.6) is 5.75 Å². The van der Waals surface area contributed by atoms with E-state index in [1.165, 1.54) is 31.5 Å². The van der Waals surface area contributed by atoms with Crippen LogP contribution in [0.4, 0.5) is 0 Å². The van der Waals surface area contributed by atoms with Crippen molar-refractivity contribution in [1.29, 1.82) is 0 Å². The Hall–Kier alpha value is -0.770. The number of ether oxygens (including phenoxy) is 1. The van der Waals surface area contributed by atoms with Gasteiger partial charge in [-0.25, -0.2) is 0 Å². The van der Waals surface area contributed by atoms with Crippen molar-refractivity contribution in [2.24, 2.45) is 5.92 Å². The van der Waals surface area contributed by atoms with Crippen LogP contribution in [0.2, 0.25) is 0 Å². The number of nitrogens with one attached hydrogen (secondary N) is 2. The number of rotatable bonds is 6. The summed E-state index contributed by atoms with van der Waals surface area (Å²) in [6.45, 7) is 5.72. The lowest BCUT2D eigenvalue weighted by molar-refractivity contribution is 0.338. The van der Waals surface area contributed by atoms with Crippen molar-refractivity contribution in [2.45, 2.75) is 32.2 Å². The lowest BCUT2D eigenvalue weighted by Gasteiger charge is -2.26. The highest BCUT2D eigenvalue weighted by atomic mass is 35.5. The molecule has 0 radical (unpaired) electrons. The van der Waals surface area contributed by atoms with E-state index in [0.717, 1.165) is 24.6 Å². The molecule has 4 heteroatoms. The molecule has 1 fully saturated rings. The summed E-state index contributed by atoms with van der Waals surface area (Å²) in [5, 5.41) is 7.14. The summed E-state index contributed by atoms with van der Waals surface area (Å²) >= 11 is 0. The van der Waals surface area contributed by atoms with E-state index < -0.39 is 0 Å². The Kier molecular flexibility index (Phi) is 7.97. The van der Waals surface area contributed by atoms with Crippen LogP contribution >= 0.6 is 12.4 Å². The summed E-state index contributed by atoms with van der Waals surface area (Å²) in [6.07, 6.45) is 3.72. The Bertz CT molecular complexity index is 363. The van der Waals surface area contributed by atoms with Crippen LogP contribution in [0.25, 0.3) is 0 Å². The fourth-order valence-corrected chi connectivity index (χ4v) is 2.73. The minimum atomic E-state index is 0. The molecule has 2 rings (SSSR count). The van der Waals surface area contributed by atoms with Gasteiger partial charge in [-0.05, 0) is 62.5 Å². The second kappa shape index (κ2) is 9.22. The molecule has 1 atom stereocenters. The maximum absolute atomic E-state index is 5.21. The molecule has 0 aliphatic carbocycles. The van der Waals surface area contributed by atoms with Crippen molar-refractivity contribution in [3.63, 3.8) is 0 Å². The van der Waals surface area contributed by atoms with Crippen molar-refractivity contribution in [3.05, 3.63) is 29.8 Å². The predicted octanol–water partition coefficient (Wildman–Crippen LogP) is 3.16. The third kappa shape index (κ3) is 4.97. The number of hydrogen-bond donors (Lipinski definition) is 2. The molecule has 3 nitrogen and oxygen atoms in total. The molecule has 0 amide bonds. The third-order valence-corrected chi connectivity index (χ3v) is 4.04. The number of halogens is 1. The van der Waals surface area contributed by atoms with Crippen molar-refractivity contribution in [2.75, 3.05) is 26.7 Å². The van der Waals surface area contributed by atoms with Crippen LogP contribution in [-0.4, -0.2) is 26.7 Å². The standard InChI is InChI=1S/C16H26N2O.ClH/c1-3-16(14-4-6-15(19-2)7-5-14)18-12-13-8-10-17-11-9-13;/h4-7,13,16-18H,3,8-12H2,1-2H3;1H. The number of methoxy groups -OCH3 is 1. The Morgan fingerprint density at radius 1 is 1.25 bits per heavy atom. The van der Waals surface area contributed by atoms with E-state index >= 15 is 0 Å². The average Bonchev–Trinajstić information content (AvgIpc) is 2.49. The molecule has 1 aromatic carbocycles. The Morgan fingerprint density at radius 2 is 1.90 bits per heavy atom. The molecular weight excluding hydrogens is 272 g/mol. The second-order valence-electron chi connectivity index (χ2n) is 5.34. The van der Waals surface area contributed by atoms with Gasteiger partial charge in [0.05, 0.1) is 7.11 Å². The van der Waals surface area contributed by atoms with Gasteiger partial charge < -0.3 is 15.4 Å². The van der Waals surface area contributed by atoms with E-state index in [0.29, 0.717) is 6.04 Å². The Labute approximate surface area is 128 Å². The summed E-state index contributed by atoms with van der Waals surface area (Å²) in [4.78, 5) is 0. The molecule has 1 heterocycles. The van der Waals surface area contributed by atoms with Crippen LogP contribution in [0.15, 0.2) is 24.3 Å². The minimum Gasteiger partial charge on any atom is -0.497 e. The van der Waals surface area contributed by atoms with Crippen LogP contribution < -0.4 is 15.4 Å². The van der Waals surface area contributed by atoms with Gasteiger partial charge in [-0.3, -0.25) is 0 Å². The van der Waals surface area contributed by atoms with Gasteiger partial charge in [0, 0.05) is 6.04 Å². The summed E-state index contributed by atoms with van der Waals surface area (Å²) in [6, 6.07) is 8.89. The summed E-state index contributed by atoms with van der Waals surface area (Å²) in [7, 11) is 1.71. The van der Waals surface area contributed by atoms with Gasteiger partial charge in [0.2, 0.25) is 0 Å². The van der Waals surface area contributed by atoms with Crippen molar-refractivity contribution in [1.82, 2.24) is 10.6 Å². The lowest BCUT2D eigenvalue weighted by Crippen LogP contribution is -2.34. The average molecular weight is 299 g/mol. The van der Waals surface area contributed by atoms with Crippen LogP contribution in [0, 0.1) is 5.92 Å². The summed E-state index contributed by atoms with van der Waals surface area (Å²) < 4.78 is 5.21. The summed E-state index contributed by atoms with van der Waals surface area (Å²) in [5.74, 6) is 1.76. The highest BCUT2D eigenvalue weighted by Gasteiger charge is 2.15. The maximum Gasteiger partial charge on any atom is 0.118 e. The smallest absolute Gasteiger partial charge is 0.118 e. The molecule has 2 N–H and O–H groups in total. The van der Waals surface area contributed by atoms with Crippen LogP contribution in [0.1, 0.15) is 37.8 Å². The van der Waals surface area contributed by atoms with E-state index in [4.69, 9.17) is 4.74 Å². The highest BCUT2D eigenvalue weighted by Crippen LogP contribution is 2.21. The molecular formula is C16H27ClN2O. The Balaban J connectivity index is 0.00000200. The minimum absolute atomic E-state index is 0. The first-order chi connectivity index (χ1) is 9.33. The molecule has 1 aliphatic rings. The quantitative estimate of drug-likeness (QED) is 0.846. The van der Waals surface area contributed by atoms with E-state index in [9.17, 15) is 0 Å². The zero-order chi connectivity index (χ0) is 13.5. The van der Waals surface area contributed by atoms with Gasteiger partial charge in [-0.1, -0.05) is 19.1 Å². The molecule has 0 saturated carbocycles. The zero-order valence-electron chi connectivity index (χ0n) is 12.5. The fourth-order valence-electron chi connectivity index (χ4n) is 2.73. The molecule has 20 heavy (non-hydrogen) atoms. The van der Waals surface area contributed by atoms with Gasteiger partial charge in [-0.15, -0.1) is 12.4 Å². The zero-order valence-corrected chi connectivity index (χ0v) is 13.3. The van der Waals surface area contributed by atoms with Crippen LogP contribution in [-0.2, 0) is 0 Å². The van der Waals surface area contributed by atoms with Gasteiger partial charge in [0.1, 0.15) is 5.75 Å². The number of hydrogen-bond acceptors (Lipinski definition) is 3. The molecule has 1 unspecified atom stereocenters. The Morgan fingerprint density at radius 3 is 2.45 bits per heavy atom. The normalized spacial score (nSPS) is 17.3. The highest BCUT2D eigenvalue weighted by molar-refractivity contribution is 5.85. The van der Waals surface area contributed by atoms with Gasteiger partial charge in [0.15, 0.2) is 0 Å². The first kappa shape index (κ1) is 17.3. The van der Waals surface area contributed by atoms with E-state index in [2.05, 4.69) is 29.7 Å². The largest absolute Gasteiger partial charge is 0.497 e. The molecule has 114 valence electrons. The monoisotopic (exact) mass is 298 g/mol. The molecule has 0 aromatic heterocycles. The van der Waals surface area contributed by atoms with Gasteiger partial charge >= 0.3 is 0 Å². The number of piperidine rings is 1. The SMILES string of the molecule is CCC(NCC1CCNCC1)c1ccc(OC)cc1.Cl. The lowest BCUT2D eigenvalue weighted by atomic mass is 9.96. The fraction of sp³-hybridized carbons (Fsp3) is 0.625. The first-order valence-electron chi connectivity index (χ1n) is 7.41. The molecule has 1 aliphatic heterocycles. The molecule has 1 aromatic rings. The van der Waals surface area contributed by atoms with E-state index in [1.807, 2.05) is 12.1 Å². The van der Waals surface area contributed by atoms with Gasteiger partial charge in [-0.2, -0.15) is 0 Å². The van der Waals surface area contributed by atoms with E-state index in [-0.39, 0.29) is 12.4 Å². The second-order valence-corrected chi connectivity index (χ2v) is 5.34. The van der Waals surface area contributed by atoms with Crippen LogP contribution in [0.3, 0.4) is 0 Å². The maximum atomic E-state index is 5.21. The molecule has 0 spiro atoms. The summed E-state index contributed by atoms with van der Waals surface area (Å²) in [5.41, 5.74) is 1.36. The third-order valence-electron chi connectivity index (χ3n) is 4.04. The molecule has 0 bridgehead atoms. The van der Waals surface area contributed by atoms with Crippen molar-refractivity contribution >= 4 is 12.4 Å². The topological polar surface area (TPSA) is 33.3 Å². The van der Waals surface area contributed by atoms with Crippen molar-refractivity contribution < 1.29 is 4.74 Å². The van der Waals surface area contributed by atoms with Crippen molar-refractivity contribution in [3.8, 4) is 5.75 Å². The first-order valence-corrected chi connectivity index (χ1v) is 7.41.